The first kappa shape index (κ1) is 15.8. The number of nitrogens with one attached hydrogen (secondary N) is 2. The number of amides is 1. The summed E-state index contributed by atoms with van der Waals surface area (Å²) in [4.78, 5) is 35.4. The lowest BCUT2D eigenvalue weighted by molar-refractivity contribution is 0.0790. The van der Waals surface area contributed by atoms with Crippen LogP contribution in [0.25, 0.3) is 11.0 Å². The van der Waals surface area contributed by atoms with Crippen molar-refractivity contribution in [3.05, 3.63) is 58.3 Å². The molecule has 0 aliphatic heterocycles. The molecule has 1 aromatic carbocycles. The van der Waals surface area contributed by atoms with E-state index in [-0.39, 0.29) is 17.2 Å². The Balaban J connectivity index is 1.68. The number of carbonyl (C=O) groups excluding carboxylic acids is 1. The minimum atomic E-state index is -0.291. The van der Waals surface area contributed by atoms with Crippen LogP contribution >= 0.6 is 0 Å². The van der Waals surface area contributed by atoms with Crippen LogP contribution in [0.5, 0.6) is 5.75 Å². The third-order valence-corrected chi connectivity index (χ3v) is 3.77. The highest BCUT2D eigenvalue weighted by atomic mass is 16.5. The van der Waals surface area contributed by atoms with Gasteiger partial charge in [0, 0.05) is 32.1 Å². The Morgan fingerprint density at radius 3 is 2.83 bits per heavy atom. The molecule has 0 bridgehead atoms. The normalized spacial score (nSPS) is 10.8. The van der Waals surface area contributed by atoms with E-state index >= 15 is 0 Å². The quantitative estimate of drug-likeness (QED) is 0.744. The molecule has 7 nitrogen and oxygen atoms in total. The number of imidazole rings is 1. The van der Waals surface area contributed by atoms with Crippen molar-refractivity contribution < 1.29 is 9.53 Å². The highest BCUT2D eigenvalue weighted by Crippen LogP contribution is 2.18. The average molecular weight is 326 g/mol. The molecule has 7 heteroatoms. The number of hydrogen-bond donors (Lipinski definition) is 2. The molecule has 24 heavy (non-hydrogen) atoms. The van der Waals surface area contributed by atoms with Crippen molar-refractivity contribution in [1.29, 1.82) is 0 Å². The number of aromatic amines is 2. The Bertz CT molecular complexity index is 929. The molecule has 0 unspecified atom stereocenters. The molecule has 0 aliphatic carbocycles. The van der Waals surface area contributed by atoms with E-state index in [0.29, 0.717) is 13.0 Å². The number of hydrogen-bond acceptors (Lipinski definition) is 4. The molecule has 0 saturated heterocycles. The number of fused-ring (bicyclic) bond motifs is 1. The van der Waals surface area contributed by atoms with Crippen molar-refractivity contribution in [1.82, 2.24) is 19.9 Å². The maximum absolute atomic E-state index is 12.3. The second-order valence-corrected chi connectivity index (χ2v) is 5.47. The van der Waals surface area contributed by atoms with Crippen LogP contribution in [0.1, 0.15) is 16.3 Å². The van der Waals surface area contributed by atoms with Crippen molar-refractivity contribution in [2.75, 3.05) is 20.7 Å². The summed E-state index contributed by atoms with van der Waals surface area (Å²) in [6.07, 6.45) is 0.580. The van der Waals surface area contributed by atoms with Gasteiger partial charge >= 0.3 is 0 Å². The summed E-state index contributed by atoms with van der Waals surface area (Å²) in [7, 11) is 3.31. The summed E-state index contributed by atoms with van der Waals surface area (Å²) in [6.45, 7) is 0.479. The van der Waals surface area contributed by atoms with Crippen molar-refractivity contribution in [3.8, 4) is 5.75 Å². The van der Waals surface area contributed by atoms with Crippen LogP contribution in [-0.2, 0) is 6.42 Å². The van der Waals surface area contributed by atoms with E-state index < -0.39 is 0 Å². The van der Waals surface area contributed by atoms with Gasteiger partial charge < -0.3 is 19.6 Å². The lowest BCUT2D eigenvalue weighted by atomic mass is 10.3. The first-order valence-electron chi connectivity index (χ1n) is 7.54. The van der Waals surface area contributed by atoms with Crippen LogP contribution in [0.2, 0.25) is 0 Å². The number of likely N-dealkylation sites (N-methyl/N-ethyl adjacent to an activating group) is 1. The van der Waals surface area contributed by atoms with Gasteiger partial charge in [-0.05, 0) is 18.2 Å². The molecule has 1 amide bonds. The number of H-pyrrole nitrogens is 2. The van der Waals surface area contributed by atoms with E-state index in [0.717, 1.165) is 22.6 Å². The SMILES string of the molecule is COc1ccc2nc(CCN(C)C(=O)c3cccc(=O)[nH]3)[nH]c2c1. The summed E-state index contributed by atoms with van der Waals surface area (Å²) in [6, 6.07) is 10.2. The zero-order chi connectivity index (χ0) is 17.1. The smallest absolute Gasteiger partial charge is 0.270 e. The van der Waals surface area contributed by atoms with Crippen molar-refractivity contribution in [2.24, 2.45) is 0 Å². The van der Waals surface area contributed by atoms with Gasteiger partial charge in [-0.2, -0.15) is 0 Å². The standard InChI is InChI=1S/C17H18N4O3/c1-21(17(23)13-4-3-5-16(22)20-13)9-8-15-18-12-7-6-11(24-2)10-14(12)19-15/h3-7,10H,8-9H2,1-2H3,(H,18,19)(H,20,22). The Labute approximate surface area is 138 Å². The van der Waals surface area contributed by atoms with Crippen LogP contribution < -0.4 is 10.3 Å². The third kappa shape index (κ3) is 3.29. The van der Waals surface area contributed by atoms with Crippen molar-refractivity contribution in [2.45, 2.75) is 6.42 Å². The molecular weight excluding hydrogens is 308 g/mol. The minimum Gasteiger partial charge on any atom is -0.497 e. The molecule has 3 rings (SSSR count). The summed E-state index contributed by atoms with van der Waals surface area (Å²) in [5.74, 6) is 1.32. The molecule has 2 N–H and O–H groups in total. The second-order valence-electron chi connectivity index (χ2n) is 5.47. The van der Waals surface area contributed by atoms with E-state index in [2.05, 4.69) is 15.0 Å². The van der Waals surface area contributed by atoms with Gasteiger partial charge in [0.15, 0.2) is 0 Å². The molecule has 0 atom stereocenters. The van der Waals surface area contributed by atoms with E-state index in [1.54, 1.807) is 31.2 Å². The maximum Gasteiger partial charge on any atom is 0.270 e. The van der Waals surface area contributed by atoms with Crippen LogP contribution in [0.4, 0.5) is 0 Å². The van der Waals surface area contributed by atoms with Crippen LogP contribution in [0.3, 0.4) is 0 Å². The highest BCUT2D eigenvalue weighted by molar-refractivity contribution is 5.92. The Kier molecular flexibility index (Phi) is 4.33. The number of benzene rings is 1. The molecular formula is C17H18N4O3. The number of nitrogens with zero attached hydrogens (tertiary/aromatic N) is 2. The van der Waals surface area contributed by atoms with Gasteiger partial charge in [0.2, 0.25) is 5.56 Å². The average Bonchev–Trinajstić information content (AvgIpc) is 3.00. The summed E-state index contributed by atoms with van der Waals surface area (Å²) in [5, 5.41) is 0. The molecule has 0 radical (unpaired) electrons. The fraction of sp³-hybridized carbons (Fsp3) is 0.235. The topological polar surface area (TPSA) is 91.1 Å². The summed E-state index contributed by atoms with van der Waals surface area (Å²) in [5.41, 5.74) is 1.73. The second kappa shape index (κ2) is 6.57. The molecule has 2 heterocycles. The summed E-state index contributed by atoms with van der Waals surface area (Å²) < 4.78 is 5.19. The molecule has 0 spiro atoms. The van der Waals surface area contributed by atoms with Gasteiger partial charge in [-0.3, -0.25) is 9.59 Å². The molecule has 0 saturated carbocycles. The third-order valence-electron chi connectivity index (χ3n) is 3.77. The van der Waals surface area contributed by atoms with Crippen LogP contribution in [-0.4, -0.2) is 46.5 Å². The van der Waals surface area contributed by atoms with E-state index in [4.69, 9.17) is 4.74 Å². The zero-order valence-electron chi connectivity index (χ0n) is 13.5. The van der Waals surface area contributed by atoms with Gasteiger partial charge in [-0.1, -0.05) is 6.07 Å². The Morgan fingerprint density at radius 1 is 1.25 bits per heavy atom. The van der Waals surface area contributed by atoms with Gasteiger partial charge in [0.1, 0.15) is 17.3 Å². The fourth-order valence-electron chi connectivity index (χ4n) is 2.44. The van der Waals surface area contributed by atoms with E-state index in [1.807, 2.05) is 18.2 Å². The minimum absolute atomic E-state index is 0.231. The zero-order valence-corrected chi connectivity index (χ0v) is 13.5. The Morgan fingerprint density at radius 2 is 2.08 bits per heavy atom. The largest absolute Gasteiger partial charge is 0.497 e. The highest BCUT2D eigenvalue weighted by Gasteiger charge is 2.13. The maximum atomic E-state index is 12.3. The van der Waals surface area contributed by atoms with E-state index in [9.17, 15) is 9.59 Å². The molecule has 0 aliphatic rings. The first-order chi connectivity index (χ1) is 11.6. The van der Waals surface area contributed by atoms with Crippen molar-refractivity contribution >= 4 is 16.9 Å². The van der Waals surface area contributed by atoms with Crippen molar-refractivity contribution in [3.63, 3.8) is 0 Å². The van der Waals surface area contributed by atoms with E-state index in [1.165, 1.54) is 6.07 Å². The number of pyridine rings is 1. The van der Waals surface area contributed by atoms with Crippen LogP contribution in [0.15, 0.2) is 41.2 Å². The number of carbonyl (C=O) groups is 1. The number of ether oxygens (including phenoxy) is 1. The summed E-state index contributed by atoms with van der Waals surface area (Å²) >= 11 is 0. The predicted molar refractivity (Wildman–Crippen MR) is 90.4 cm³/mol. The van der Waals surface area contributed by atoms with Gasteiger partial charge in [-0.15, -0.1) is 0 Å². The lowest BCUT2D eigenvalue weighted by Crippen LogP contribution is -2.30. The molecule has 3 aromatic rings. The number of methoxy groups -OCH3 is 1. The Hall–Kier alpha value is -3.09. The monoisotopic (exact) mass is 326 g/mol. The first-order valence-corrected chi connectivity index (χ1v) is 7.54. The fourth-order valence-corrected chi connectivity index (χ4v) is 2.44. The number of rotatable bonds is 5. The molecule has 124 valence electrons. The van der Waals surface area contributed by atoms with Gasteiger partial charge in [0.25, 0.3) is 5.91 Å². The molecule has 0 fully saturated rings. The molecule has 2 aromatic heterocycles. The number of aromatic nitrogens is 3. The van der Waals surface area contributed by atoms with Gasteiger partial charge in [0.05, 0.1) is 18.1 Å². The lowest BCUT2D eigenvalue weighted by Gasteiger charge is -2.16. The van der Waals surface area contributed by atoms with Crippen LogP contribution in [0, 0.1) is 0 Å². The predicted octanol–water partition coefficient (Wildman–Crippen LogP) is 1.57. The van der Waals surface area contributed by atoms with Gasteiger partial charge in [-0.25, -0.2) is 4.98 Å².